The highest BCUT2D eigenvalue weighted by atomic mass is 19.4. The molecule has 29 heavy (non-hydrogen) atoms. The number of aliphatic hydroxyl groups is 1. The highest BCUT2D eigenvalue weighted by molar-refractivity contribution is 5.80. The number of alkyl halides is 3. The molecular formula is C19H27F3N4O3. The molecule has 0 radical (unpaired) electrons. The summed E-state index contributed by atoms with van der Waals surface area (Å²) >= 11 is 0. The number of aliphatic hydroxyl groups excluding tert-OH is 1. The van der Waals surface area contributed by atoms with Crippen molar-refractivity contribution >= 4 is 11.0 Å². The summed E-state index contributed by atoms with van der Waals surface area (Å²) in [5.41, 5.74) is 0.751. The van der Waals surface area contributed by atoms with E-state index >= 15 is 0 Å². The monoisotopic (exact) mass is 416 g/mol. The van der Waals surface area contributed by atoms with Gasteiger partial charge in [0.15, 0.2) is 0 Å². The second-order valence-electron chi connectivity index (χ2n) is 7.48. The Kier molecular flexibility index (Phi) is 7.20. The summed E-state index contributed by atoms with van der Waals surface area (Å²) < 4.78 is 43.7. The van der Waals surface area contributed by atoms with Crippen LogP contribution in [0.25, 0.3) is 11.0 Å². The Morgan fingerprint density at radius 3 is 2.72 bits per heavy atom. The number of benzene rings is 1. The summed E-state index contributed by atoms with van der Waals surface area (Å²) in [6.45, 7) is 1.67. The molecule has 0 aliphatic carbocycles. The topological polar surface area (TPSA) is 102 Å². The van der Waals surface area contributed by atoms with Gasteiger partial charge in [0.1, 0.15) is 24.0 Å². The molecule has 0 spiro atoms. The molecule has 0 saturated carbocycles. The first kappa shape index (κ1) is 21.7. The van der Waals surface area contributed by atoms with Crippen LogP contribution in [0.3, 0.4) is 0 Å². The van der Waals surface area contributed by atoms with Crippen LogP contribution in [0.5, 0.6) is 5.75 Å². The van der Waals surface area contributed by atoms with E-state index in [1.807, 2.05) is 0 Å². The number of imidazole rings is 1. The fourth-order valence-electron chi connectivity index (χ4n) is 3.75. The van der Waals surface area contributed by atoms with Crippen molar-refractivity contribution in [3.63, 3.8) is 0 Å². The van der Waals surface area contributed by atoms with Crippen LogP contribution in [0.1, 0.15) is 25.7 Å². The van der Waals surface area contributed by atoms with Gasteiger partial charge in [-0.15, -0.1) is 0 Å². The number of piperidine rings is 1. The fraction of sp³-hybridized carbons (Fsp3) is 0.632. The lowest BCUT2D eigenvalue weighted by Gasteiger charge is -2.32. The van der Waals surface area contributed by atoms with Gasteiger partial charge in [-0.2, -0.15) is 13.2 Å². The predicted octanol–water partition coefficient (Wildman–Crippen LogP) is 1.90. The summed E-state index contributed by atoms with van der Waals surface area (Å²) in [7, 11) is 0. The minimum atomic E-state index is -4.19. The van der Waals surface area contributed by atoms with E-state index in [2.05, 4.69) is 20.6 Å². The summed E-state index contributed by atoms with van der Waals surface area (Å²) in [5.74, 6) is 0.567. The largest absolute Gasteiger partial charge is 0.489 e. The molecule has 2 heterocycles. The van der Waals surface area contributed by atoms with Crippen molar-refractivity contribution in [2.75, 3.05) is 26.2 Å². The molecule has 7 nitrogen and oxygen atoms in total. The molecule has 162 valence electrons. The number of para-hydroxylation sites is 1. The van der Waals surface area contributed by atoms with Crippen molar-refractivity contribution in [2.45, 2.75) is 44.0 Å². The molecule has 10 heteroatoms. The average molecular weight is 416 g/mol. The molecule has 1 aromatic carbocycles. The molecule has 1 aliphatic heterocycles. The van der Waals surface area contributed by atoms with Crippen LogP contribution < -0.4 is 21.1 Å². The van der Waals surface area contributed by atoms with Crippen LogP contribution in [0, 0.1) is 5.92 Å². The van der Waals surface area contributed by atoms with Crippen LogP contribution in [0.2, 0.25) is 0 Å². The van der Waals surface area contributed by atoms with Crippen LogP contribution >= 0.6 is 0 Å². The predicted molar refractivity (Wildman–Crippen MR) is 103 cm³/mol. The number of aromatic nitrogens is 2. The van der Waals surface area contributed by atoms with Gasteiger partial charge in [-0.25, -0.2) is 4.79 Å². The number of aromatic amines is 2. The smallest absolute Gasteiger partial charge is 0.389 e. The second-order valence-corrected chi connectivity index (χ2v) is 7.48. The van der Waals surface area contributed by atoms with E-state index in [0.717, 1.165) is 25.9 Å². The summed E-state index contributed by atoms with van der Waals surface area (Å²) in [4.78, 5) is 16.7. The minimum absolute atomic E-state index is 0.00830. The van der Waals surface area contributed by atoms with E-state index in [0.29, 0.717) is 16.8 Å². The quantitative estimate of drug-likeness (QED) is 0.430. The van der Waals surface area contributed by atoms with E-state index in [1.165, 1.54) is 0 Å². The molecule has 1 unspecified atom stereocenters. The van der Waals surface area contributed by atoms with Gasteiger partial charge in [0.25, 0.3) is 0 Å². The number of hydrogen-bond donors (Lipinski definition) is 5. The van der Waals surface area contributed by atoms with Crippen molar-refractivity contribution in [3.05, 3.63) is 28.7 Å². The maximum absolute atomic E-state index is 12.7. The zero-order chi connectivity index (χ0) is 20.9. The first-order valence-corrected chi connectivity index (χ1v) is 9.84. The zero-order valence-corrected chi connectivity index (χ0v) is 16.0. The minimum Gasteiger partial charge on any atom is -0.489 e. The number of H-pyrrole nitrogens is 2. The number of ether oxygens (including phenoxy) is 1. The van der Waals surface area contributed by atoms with E-state index in [-0.39, 0.29) is 37.2 Å². The van der Waals surface area contributed by atoms with Gasteiger partial charge < -0.3 is 30.4 Å². The van der Waals surface area contributed by atoms with E-state index in [9.17, 15) is 23.1 Å². The molecule has 1 fully saturated rings. The third kappa shape index (κ3) is 6.48. The lowest BCUT2D eigenvalue weighted by atomic mass is 9.87. The van der Waals surface area contributed by atoms with Crippen molar-refractivity contribution in [2.24, 2.45) is 5.92 Å². The van der Waals surface area contributed by atoms with Gasteiger partial charge in [-0.3, -0.25) is 0 Å². The average Bonchev–Trinajstić information content (AvgIpc) is 3.07. The standard InChI is InChI=1S/C19H27F3N4O3/c20-19(21,22)7-4-14(12-5-8-23-9-6-12)24-10-13(27)11-29-16-3-1-2-15-17(16)26-18(28)25-15/h1-3,12-14,23-24,27H,4-11H2,(H2,25,26,28)/t13-,14?/m0/s1. The Balaban J connectivity index is 1.53. The molecule has 2 atom stereocenters. The number of rotatable bonds is 9. The molecule has 1 aliphatic rings. The number of hydrogen-bond acceptors (Lipinski definition) is 5. The summed E-state index contributed by atoms with van der Waals surface area (Å²) in [6.07, 6.45) is -4.32. The first-order valence-electron chi connectivity index (χ1n) is 9.84. The van der Waals surface area contributed by atoms with Gasteiger partial charge >= 0.3 is 11.9 Å². The molecule has 1 saturated heterocycles. The number of halogens is 3. The normalized spacial score (nSPS) is 18.1. The summed E-state index contributed by atoms with van der Waals surface area (Å²) in [6, 6.07) is 4.81. The highest BCUT2D eigenvalue weighted by Crippen LogP contribution is 2.27. The van der Waals surface area contributed by atoms with Crippen LogP contribution in [0.15, 0.2) is 23.0 Å². The summed E-state index contributed by atoms with van der Waals surface area (Å²) in [5, 5.41) is 16.6. The van der Waals surface area contributed by atoms with Gasteiger partial charge in [0.05, 0.1) is 5.52 Å². The SMILES string of the molecule is O=c1[nH]c2cccc(OC[C@@H](O)CNC(CCC(F)(F)F)C3CCNCC3)c2[nH]1. The van der Waals surface area contributed by atoms with Crippen LogP contribution in [-0.4, -0.2) is 59.6 Å². The van der Waals surface area contributed by atoms with Gasteiger partial charge in [0.2, 0.25) is 0 Å². The number of fused-ring (bicyclic) bond motifs is 1. The Morgan fingerprint density at radius 1 is 1.24 bits per heavy atom. The molecule has 0 amide bonds. The molecule has 1 aromatic heterocycles. The third-order valence-electron chi connectivity index (χ3n) is 5.25. The first-order chi connectivity index (χ1) is 13.8. The Hall–Kier alpha value is -2.04. The van der Waals surface area contributed by atoms with E-state index in [1.54, 1.807) is 18.2 Å². The van der Waals surface area contributed by atoms with E-state index < -0.39 is 18.7 Å². The van der Waals surface area contributed by atoms with Crippen molar-refractivity contribution in [3.8, 4) is 5.75 Å². The maximum Gasteiger partial charge on any atom is 0.389 e. The van der Waals surface area contributed by atoms with Crippen LogP contribution in [-0.2, 0) is 0 Å². The molecule has 3 rings (SSSR count). The Labute approximate surface area is 166 Å². The van der Waals surface area contributed by atoms with Crippen molar-refractivity contribution in [1.82, 2.24) is 20.6 Å². The Morgan fingerprint density at radius 2 is 2.00 bits per heavy atom. The molecule has 0 bridgehead atoms. The van der Waals surface area contributed by atoms with Gasteiger partial charge in [-0.1, -0.05) is 6.07 Å². The van der Waals surface area contributed by atoms with Crippen molar-refractivity contribution in [1.29, 1.82) is 0 Å². The lowest BCUT2D eigenvalue weighted by molar-refractivity contribution is -0.137. The highest BCUT2D eigenvalue weighted by Gasteiger charge is 2.31. The second kappa shape index (κ2) is 9.64. The van der Waals surface area contributed by atoms with Crippen molar-refractivity contribution < 1.29 is 23.0 Å². The lowest BCUT2D eigenvalue weighted by Crippen LogP contribution is -2.45. The van der Waals surface area contributed by atoms with Crippen LogP contribution in [0.4, 0.5) is 13.2 Å². The van der Waals surface area contributed by atoms with Gasteiger partial charge in [-0.05, 0) is 50.4 Å². The third-order valence-corrected chi connectivity index (χ3v) is 5.25. The maximum atomic E-state index is 12.7. The fourth-order valence-corrected chi connectivity index (χ4v) is 3.75. The zero-order valence-electron chi connectivity index (χ0n) is 16.0. The Bertz CT molecular complexity index is 830. The molecule has 5 N–H and O–H groups in total. The number of nitrogens with one attached hydrogen (secondary N) is 4. The van der Waals surface area contributed by atoms with Gasteiger partial charge in [0, 0.05) is 19.0 Å². The molecule has 2 aromatic rings. The molecular weight excluding hydrogens is 389 g/mol. The van der Waals surface area contributed by atoms with E-state index in [4.69, 9.17) is 4.74 Å².